The van der Waals surface area contributed by atoms with Crippen molar-refractivity contribution in [3.8, 4) is 11.1 Å². The van der Waals surface area contributed by atoms with E-state index in [0.717, 1.165) is 27.3 Å². The Hall–Kier alpha value is -3.20. The summed E-state index contributed by atoms with van der Waals surface area (Å²) in [5.41, 5.74) is 4.07. The first-order valence-electron chi connectivity index (χ1n) is 10.1. The second-order valence-corrected chi connectivity index (χ2v) is 9.30. The van der Waals surface area contributed by atoms with E-state index in [4.69, 9.17) is 28.6 Å². The Bertz CT molecular complexity index is 1280. The summed E-state index contributed by atoms with van der Waals surface area (Å²) in [6, 6.07) is 17.4. The van der Waals surface area contributed by atoms with Crippen molar-refractivity contribution >= 4 is 56.9 Å². The fourth-order valence-electron chi connectivity index (χ4n) is 3.44. The molecule has 168 valence electrons. The number of hydrogen-bond donors (Lipinski definition) is 2. The van der Waals surface area contributed by atoms with E-state index in [-0.39, 0.29) is 0 Å². The average Bonchev–Trinajstić information content (AvgIpc) is 3.38. The zero-order valence-corrected chi connectivity index (χ0v) is 20.4. The molecule has 0 amide bonds. The number of ether oxygens (including phenoxy) is 1. The van der Waals surface area contributed by atoms with Gasteiger partial charge >= 0.3 is 5.97 Å². The number of benzene rings is 2. The van der Waals surface area contributed by atoms with Crippen molar-refractivity contribution in [1.29, 1.82) is 0 Å². The minimum absolute atomic E-state index is 0.354. The first kappa shape index (κ1) is 23.0. The lowest BCUT2D eigenvalue weighted by Gasteiger charge is -2.10. The van der Waals surface area contributed by atoms with Crippen LogP contribution in [-0.4, -0.2) is 28.0 Å². The number of esters is 1. The van der Waals surface area contributed by atoms with E-state index >= 15 is 0 Å². The normalized spacial score (nSPS) is 10.6. The standard InChI is InChI=1S/C24H21ClN4O2S2/c1-15-20(17-6-4-3-5-7-17)21(23(30)31-2)22(33-15)28-24(32)27-19-12-26-29(14-19)13-16-8-10-18(25)11-9-16/h3-12,14H,13H2,1-2H3,(H2,27,28,32). The molecule has 33 heavy (non-hydrogen) atoms. The second-order valence-electron chi connectivity index (χ2n) is 7.23. The van der Waals surface area contributed by atoms with Crippen molar-refractivity contribution in [2.75, 3.05) is 17.7 Å². The van der Waals surface area contributed by atoms with Gasteiger partial charge in [-0.15, -0.1) is 11.3 Å². The van der Waals surface area contributed by atoms with E-state index in [1.54, 1.807) is 10.9 Å². The van der Waals surface area contributed by atoms with E-state index in [0.29, 0.717) is 27.2 Å². The Labute approximate surface area is 206 Å². The fraction of sp³-hybridized carbons (Fsp3) is 0.125. The molecule has 4 rings (SSSR count). The molecule has 2 N–H and O–H groups in total. The Balaban J connectivity index is 1.50. The molecule has 2 aromatic carbocycles. The number of aromatic nitrogens is 2. The molecule has 4 aromatic rings. The molecule has 0 radical (unpaired) electrons. The summed E-state index contributed by atoms with van der Waals surface area (Å²) in [4.78, 5) is 13.6. The van der Waals surface area contributed by atoms with Crippen LogP contribution in [-0.2, 0) is 11.3 Å². The fourth-order valence-corrected chi connectivity index (χ4v) is 4.92. The minimum Gasteiger partial charge on any atom is -0.465 e. The molecule has 0 aliphatic heterocycles. The average molecular weight is 497 g/mol. The van der Waals surface area contributed by atoms with Crippen molar-refractivity contribution < 1.29 is 9.53 Å². The van der Waals surface area contributed by atoms with Crippen molar-refractivity contribution in [3.05, 3.63) is 88.0 Å². The van der Waals surface area contributed by atoms with E-state index in [9.17, 15) is 4.79 Å². The molecule has 9 heteroatoms. The smallest absolute Gasteiger partial charge is 0.341 e. The topological polar surface area (TPSA) is 68.2 Å². The van der Waals surface area contributed by atoms with Gasteiger partial charge in [-0.3, -0.25) is 4.68 Å². The van der Waals surface area contributed by atoms with Gasteiger partial charge in [-0.05, 0) is 42.4 Å². The summed E-state index contributed by atoms with van der Waals surface area (Å²) in [6.07, 6.45) is 3.55. The molecule has 0 saturated carbocycles. The monoisotopic (exact) mass is 496 g/mol. The number of aryl methyl sites for hydroxylation is 1. The number of rotatable bonds is 6. The first-order chi connectivity index (χ1) is 15.9. The number of thiophene rings is 1. The van der Waals surface area contributed by atoms with Crippen LogP contribution >= 0.6 is 35.2 Å². The molecule has 2 aromatic heterocycles. The van der Waals surface area contributed by atoms with Gasteiger partial charge in [0.2, 0.25) is 0 Å². The molecule has 0 spiro atoms. The highest BCUT2D eigenvalue weighted by atomic mass is 35.5. The van der Waals surface area contributed by atoms with Crippen LogP contribution in [0, 0.1) is 6.92 Å². The highest BCUT2D eigenvalue weighted by Gasteiger charge is 2.24. The van der Waals surface area contributed by atoms with Crippen molar-refractivity contribution in [2.24, 2.45) is 0 Å². The van der Waals surface area contributed by atoms with Crippen LogP contribution in [0.1, 0.15) is 20.8 Å². The molecule has 0 saturated heterocycles. The maximum Gasteiger partial charge on any atom is 0.341 e. The van der Waals surface area contributed by atoms with E-state index in [1.807, 2.05) is 67.7 Å². The van der Waals surface area contributed by atoms with Crippen LogP contribution < -0.4 is 10.6 Å². The summed E-state index contributed by atoms with van der Waals surface area (Å²) >= 11 is 12.9. The Morgan fingerprint density at radius 2 is 1.88 bits per heavy atom. The van der Waals surface area contributed by atoms with Gasteiger partial charge in [-0.2, -0.15) is 5.10 Å². The summed E-state index contributed by atoms with van der Waals surface area (Å²) in [5, 5.41) is 12.3. The van der Waals surface area contributed by atoms with E-state index in [1.165, 1.54) is 18.4 Å². The van der Waals surface area contributed by atoms with Gasteiger partial charge in [0.1, 0.15) is 10.6 Å². The largest absolute Gasteiger partial charge is 0.465 e. The van der Waals surface area contributed by atoms with Gasteiger partial charge in [0.15, 0.2) is 5.11 Å². The molecular formula is C24H21ClN4O2S2. The Morgan fingerprint density at radius 3 is 2.58 bits per heavy atom. The van der Waals surface area contributed by atoms with Gasteiger partial charge in [0.05, 0.1) is 25.5 Å². The SMILES string of the molecule is COC(=O)c1c(NC(=S)Nc2cnn(Cc3ccc(Cl)cc3)c2)sc(C)c1-c1ccccc1. The number of anilines is 2. The van der Waals surface area contributed by atoms with Gasteiger partial charge < -0.3 is 15.4 Å². The Morgan fingerprint density at radius 1 is 1.15 bits per heavy atom. The lowest BCUT2D eigenvalue weighted by atomic mass is 10.0. The third-order valence-corrected chi connectivity index (χ3v) is 6.39. The lowest BCUT2D eigenvalue weighted by molar-refractivity contribution is 0.0603. The number of methoxy groups -OCH3 is 1. The summed E-state index contributed by atoms with van der Waals surface area (Å²) in [5.74, 6) is -0.417. The predicted molar refractivity (Wildman–Crippen MR) is 138 cm³/mol. The molecule has 0 aliphatic rings. The minimum atomic E-state index is -0.417. The van der Waals surface area contributed by atoms with Crippen LogP contribution in [0.4, 0.5) is 10.7 Å². The zero-order valence-electron chi connectivity index (χ0n) is 18.0. The maximum atomic E-state index is 12.6. The number of halogens is 1. The lowest BCUT2D eigenvalue weighted by Crippen LogP contribution is -2.19. The molecule has 2 heterocycles. The summed E-state index contributed by atoms with van der Waals surface area (Å²) in [7, 11) is 1.37. The summed E-state index contributed by atoms with van der Waals surface area (Å²) < 4.78 is 6.86. The maximum absolute atomic E-state index is 12.6. The highest BCUT2D eigenvalue weighted by Crippen LogP contribution is 2.40. The van der Waals surface area contributed by atoms with Gasteiger partial charge in [-0.1, -0.05) is 54.1 Å². The molecule has 0 atom stereocenters. The number of hydrogen-bond acceptors (Lipinski definition) is 5. The van der Waals surface area contributed by atoms with Gasteiger partial charge in [0.25, 0.3) is 0 Å². The van der Waals surface area contributed by atoms with Crippen molar-refractivity contribution in [1.82, 2.24) is 9.78 Å². The van der Waals surface area contributed by atoms with Crippen LogP contribution in [0.15, 0.2) is 67.0 Å². The molecule has 0 unspecified atom stereocenters. The third-order valence-electron chi connectivity index (χ3n) is 4.91. The molecular weight excluding hydrogens is 476 g/mol. The van der Waals surface area contributed by atoms with Crippen LogP contribution in [0.5, 0.6) is 0 Å². The van der Waals surface area contributed by atoms with E-state index in [2.05, 4.69) is 15.7 Å². The quantitative estimate of drug-likeness (QED) is 0.244. The number of nitrogens with zero attached hydrogens (tertiary/aromatic N) is 2. The number of carbonyl (C=O) groups excluding carboxylic acids is 1. The van der Waals surface area contributed by atoms with Gasteiger partial charge in [-0.25, -0.2) is 4.79 Å². The molecule has 0 bridgehead atoms. The number of thiocarbonyl (C=S) groups is 1. The van der Waals surface area contributed by atoms with Gasteiger partial charge in [0, 0.05) is 21.7 Å². The van der Waals surface area contributed by atoms with Crippen LogP contribution in [0.3, 0.4) is 0 Å². The third kappa shape index (κ3) is 5.42. The first-order valence-corrected chi connectivity index (χ1v) is 11.7. The zero-order chi connectivity index (χ0) is 23.4. The summed E-state index contributed by atoms with van der Waals surface area (Å²) in [6.45, 7) is 2.58. The molecule has 0 fully saturated rings. The highest BCUT2D eigenvalue weighted by molar-refractivity contribution is 7.80. The van der Waals surface area contributed by atoms with Crippen molar-refractivity contribution in [2.45, 2.75) is 13.5 Å². The second kappa shape index (κ2) is 10.2. The predicted octanol–water partition coefficient (Wildman–Crippen LogP) is 6.22. The molecule has 6 nitrogen and oxygen atoms in total. The van der Waals surface area contributed by atoms with E-state index < -0.39 is 5.97 Å². The number of carbonyl (C=O) groups is 1. The molecule has 0 aliphatic carbocycles. The van der Waals surface area contributed by atoms with Crippen molar-refractivity contribution in [3.63, 3.8) is 0 Å². The Kier molecular flexibility index (Phi) is 7.08. The van der Waals surface area contributed by atoms with Crippen LogP contribution in [0.2, 0.25) is 5.02 Å². The van der Waals surface area contributed by atoms with Crippen LogP contribution in [0.25, 0.3) is 11.1 Å². The number of nitrogens with one attached hydrogen (secondary N) is 2.